The molecule has 0 aromatic heterocycles. The molecule has 0 bridgehead atoms. The van der Waals surface area contributed by atoms with E-state index in [-0.39, 0.29) is 5.91 Å². The zero-order valence-electron chi connectivity index (χ0n) is 12.9. The molecular formula is C17H26N2O2. The van der Waals surface area contributed by atoms with Gasteiger partial charge in [-0.25, -0.2) is 0 Å². The number of anilines is 1. The van der Waals surface area contributed by atoms with E-state index in [1.54, 1.807) is 7.11 Å². The molecule has 4 heteroatoms. The number of nitrogens with zero attached hydrogens (tertiary/aromatic N) is 1. The fourth-order valence-corrected chi connectivity index (χ4v) is 2.66. The zero-order chi connectivity index (χ0) is 14.9. The largest absolute Gasteiger partial charge is 0.383 e. The van der Waals surface area contributed by atoms with Crippen molar-refractivity contribution in [1.82, 2.24) is 5.32 Å². The fraction of sp³-hybridized carbons (Fsp3) is 0.588. The number of carbonyl (C=O) groups is 1. The Morgan fingerprint density at radius 2 is 1.90 bits per heavy atom. The lowest BCUT2D eigenvalue weighted by Gasteiger charge is -2.28. The maximum absolute atomic E-state index is 11.6. The first-order chi connectivity index (χ1) is 10.3. The zero-order valence-corrected chi connectivity index (χ0v) is 12.9. The second-order valence-electron chi connectivity index (χ2n) is 5.56. The van der Waals surface area contributed by atoms with Crippen LogP contribution in [-0.4, -0.2) is 39.3 Å². The molecule has 21 heavy (non-hydrogen) atoms. The maximum atomic E-state index is 11.6. The van der Waals surface area contributed by atoms with Crippen LogP contribution in [0.2, 0.25) is 0 Å². The normalized spacial score (nSPS) is 15.0. The van der Waals surface area contributed by atoms with Crippen molar-refractivity contribution in [3.8, 4) is 0 Å². The van der Waals surface area contributed by atoms with E-state index in [0.717, 1.165) is 6.42 Å². The molecule has 1 heterocycles. The lowest BCUT2D eigenvalue weighted by Crippen LogP contribution is -2.29. The Morgan fingerprint density at radius 3 is 2.57 bits per heavy atom. The van der Waals surface area contributed by atoms with Crippen LogP contribution < -0.4 is 10.2 Å². The summed E-state index contributed by atoms with van der Waals surface area (Å²) in [4.78, 5) is 14.1. The van der Waals surface area contributed by atoms with Crippen molar-refractivity contribution in [3.63, 3.8) is 0 Å². The third-order valence-electron chi connectivity index (χ3n) is 3.93. The molecule has 1 aliphatic rings. The van der Waals surface area contributed by atoms with Gasteiger partial charge in [-0.15, -0.1) is 0 Å². The van der Waals surface area contributed by atoms with E-state index < -0.39 is 0 Å². The number of methoxy groups -OCH3 is 1. The summed E-state index contributed by atoms with van der Waals surface area (Å²) in [5.74, 6) is 0.0900. The molecule has 1 aliphatic heterocycles. The molecule has 1 saturated heterocycles. The summed E-state index contributed by atoms with van der Waals surface area (Å²) in [5.41, 5.74) is 2.53. The summed E-state index contributed by atoms with van der Waals surface area (Å²) in [7, 11) is 1.63. The Balaban J connectivity index is 1.75. The van der Waals surface area contributed by atoms with Gasteiger partial charge in [0, 0.05) is 38.9 Å². The number of hydrogen-bond acceptors (Lipinski definition) is 3. The van der Waals surface area contributed by atoms with Gasteiger partial charge in [-0.1, -0.05) is 12.1 Å². The predicted octanol–water partition coefficient (Wildman–Crippen LogP) is 2.37. The molecular weight excluding hydrogens is 264 g/mol. The Hall–Kier alpha value is -1.55. The van der Waals surface area contributed by atoms with Crippen LogP contribution in [0.3, 0.4) is 0 Å². The van der Waals surface area contributed by atoms with E-state index in [1.165, 1.54) is 43.6 Å². The van der Waals surface area contributed by atoms with Gasteiger partial charge in [0.25, 0.3) is 0 Å². The van der Waals surface area contributed by atoms with Gasteiger partial charge in [-0.2, -0.15) is 0 Å². The molecule has 116 valence electrons. The highest BCUT2D eigenvalue weighted by Gasteiger charge is 2.10. The van der Waals surface area contributed by atoms with Crippen LogP contribution >= 0.6 is 0 Å². The van der Waals surface area contributed by atoms with Crippen molar-refractivity contribution in [3.05, 3.63) is 29.8 Å². The minimum atomic E-state index is 0.0900. The van der Waals surface area contributed by atoms with E-state index >= 15 is 0 Å². The number of hydrogen-bond donors (Lipinski definition) is 1. The molecule has 1 aromatic rings. The molecule has 1 aromatic carbocycles. The third-order valence-corrected chi connectivity index (χ3v) is 3.93. The first-order valence-corrected chi connectivity index (χ1v) is 7.89. The number of amides is 1. The SMILES string of the molecule is COCCNC(=O)CCc1ccc(N2CCCCC2)cc1. The van der Waals surface area contributed by atoms with Gasteiger partial charge in [0.05, 0.1) is 6.61 Å². The average molecular weight is 290 g/mol. The quantitative estimate of drug-likeness (QED) is 0.784. The smallest absolute Gasteiger partial charge is 0.220 e. The van der Waals surface area contributed by atoms with Crippen molar-refractivity contribution in [2.75, 3.05) is 38.3 Å². The lowest BCUT2D eigenvalue weighted by molar-refractivity contribution is -0.121. The van der Waals surface area contributed by atoms with Crippen molar-refractivity contribution >= 4 is 11.6 Å². The minimum absolute atomic E-state index is 0.0900. The standard InChI is InChI=1S/C17H26N2O2/c1-21-14-11-18-17(20)10-7-15-5-8-16(9-6-15)19-12-3-2-4-13-19/h5-6,8-9H,2-4,7,10-14H2,1H3,(H,18,20). The topological polar surface area (TPSA) is 41.6 Å². The van der Waals surface area contributed by atoms with Gasteiger partial charge in [-0.05, 0) is 43.4 Å². The van der Waals surface area contributed by atoms with Gasteiger partial charge in [0.15, 0.2) is 0 Å². The van der Waals surface area contributed by atoms with Gasteiger partial charge in [0.1, 0.15) is 0 Å². The monoisotopic (exact) mass is 290 g/mol. The van der Waals surface area contributed by atoms with Crippen LogP contribution in [0.15, 0.2) is 24.3 Å². The van der Waals surface area contributed by atoms with Gasteiger partial charge in [-0.3, -0.25) is 4.79 Å². The molecule has 0 unspecified atom stereocenters. The summed E-state index contributed by atoms with van der Waals surface area (Å²) in [5, 5.41) is 2.84. The fourth-order valence-electron chi connectivity index (χ4n) is 2.66. The molecule has 2 rings (SSSR count). The van der Waals surface area contributed by atoms with Crippen LogP contribution in [0.25, 0.3) is 0 Å². The Bertz CT molecular complexity index is 425. The summed E-state index contributed by atoms with van der Waals surface area (Å²) in [6, 6.07) is 8.66. The molecule has 4 nitrogen and oxygen atoms in total. The molecule has 0 spiro atoms. The summed E-state index contributed by atoms with van der Waals surface area (Å²) >= 11 is 0. The highest BCUT2D eigenvalue weighted by Crippen LogP contribution is 2.20. The minimum Gasteiger partial charge on any atom is -0.383 e. The lowest BCUT2D eigenvalue weighted by atomic mass is 10.1. The molecule has 0 radical (unpaired) electrons. The molecule has 1 fully saturated rings. The molecule has 0 atom stereocenters. The van der Waals surface area contributed by atoms with Gasteiger partial charge >= 0.3 is 0 Å². The van der Waals surface area contributed by atoms with Gasteiger partial charge in [0.2, 0.25) is 5.91 Å². The van der Waals surface area contributed by atoms with Crippen LogP contribution in [-0.2, 0) is 16.0 Å². The molecule has 0 saturated carbocycles. The number of benzene rings is 1. The molecule has 1 N–H and O–H groups in total. The average Bonchev–Trinajstić information content (AvgIpc) is 2.54. The van der Waals surface area contributed by atoms with Crippen LogP contribution in [0.4, 0.5) is 5.69 Å². The Labute approximate surface area is 127 Å². The highest BCUT2D eigenvalue weighted by molar-refractivity contribution is 5.76. The molecule has 1 amide bonds. The van der Waals surface area contributed by atoms with E-state index in [4.69, 9.17) is 4.74 Å². The van der Waals surface area contributed by atoms with E-state index in [0.29, 0.717) is 19.6 Å². The van der Waals surface area contributed by atoms with Crippen LogP contribution in [0, 0.1) is 0 Å². The summed E-state index contributed by atoms with van der Waals surface area (Å²) in [6.45, 7) is 3.49. The van der Waals surface area contributed by atoms with E-state index in [9.17, 15) is 4.79 Å². The number of carbonyl (C=O) groups excluding carboxylic acids is 1. The first-order valence-electron chi connectivity index (χ1n) is 7.89. The van der Waals surface area contributed by atoms with Crippen LogP contribution in [0.5, 0.6) is 0 Å². The number of piperidine rings is 1. The van der Waals surface area contributed by atoms with E-state index in [1.807, 2.05) is 0 Å². The van der Waals surface area contributed by atoms with Crippen molar-refractivity contribution in [1.29, 1.82) is 0 Å². The molecule has 0 aliphatic carbocycles. The third kappa shape index (κ3) is 5.38. The second kappa shape index (κ2) is 8.67. The first kappa shape index (κ1) is 15.8. The van der Waals surface area contributed by atoms with E-state index in [2.05, 4.69) is 34.5 Å². The van der Waals surface area contributed by atoms with Crippen molar-refractivity contribution in [2.45, 2.75) is 32.1 Å². The van der Waals surface area contributed by atoms with Crippen molar-refractivity contribution in [2.24, 2.45) is 0 Å². The van der Waals surface area contributed by atoms with Crippen LogP contribution in [0.1, 0.15) is 31.2 Å². The number of aryl methyl sites for hydroxylation is 1. The Kier molecular flexibility index (Phi) is 6.54. The predicted molar refractivity (Wildman–Crippen MR) is 85.7 cm³/mol. The second-order valence-corrected chi connectivity index (χ2v) is 5.56. The van der Waals surface area contributed by atoms with Gasteiger partial charge < -0.3 is 15.0 Å². The highest BCUT2D eigenvalue weighted by atomic mass is 16.5. The maximum Gasteiger partial charge on any atom is 0.220 e. The number of ether oxygens (including phenoxy) is 1. The van der Waals surface area contributed by atoms with Crippen molar-refractivity contribution < 1.29 is 9.53 Å². The number of nitrogens with one attached hydrogen (secondary N) is 1. The Morgan fingerprint density at radius 1 is 1.19 bits per heavy atom. The number of rotatable bonds is 7. The summed E-state index contributed by atoms with van der Waals surface area (Å²) < 4.78 is 4.91. The summed E-state index contributed by atoms with van der Waals surface area (Å²) in [6.07, 6.45) is 5.27.